The van der Waals surface area contributed by atoms with Crippen LogP contribution in [0, 0.1) is 0 Å². The van der Waals surface area contributed by atoms with Gasteiger partial charge in [-0.25, -0.2) is 5.43 Å². The normalized spacial score (nSPS) is 11.0. The molecule has 1 N–H and O–H groups in total. The van der Waals surface area contributed by atoms with Crippen LogP contribution in [0.1, 0.15) is 16.1 Å². The van der Waals surface area contributed by atoms with Gasteiger partial charge >= 0.3 is 5.91 Å². The Labute approximate surface area is 115 Å². The molecule has 0 atom stereocenters. The van der Waals surface area contributed by atoms with E-state index in [0.717, 1.165) is 16.3 Å². The molecule has 0 unspecified atom stereocenters. The van der Waals surface area contributed by atoms with E-state index in [0.29, 0.717) is 0 Å². The summed E-state index contributed by atoms with van der Waals surface area (Å²) in [5.41, 5.74) is 3.38. The Morgan fingerprint density at radius 1 is 1.05 bits per heavy atom. The number of nitrogens with zero attached hydrogens (tertiary/aromatic N) is 1. The van der Waals surface area contributed by atoms with Crippen LogP contribution in [-0.2, 0) is 0 Å². The van der Waals surface area contributed by atoms with Gasteiger partial charge in [-0.3, -0.25) is 4.79 Å². The van der Waals surface area contributed by atoms with E-state index in [1.54, 1.807) is 18.3 Å². The largest absolute Gasteiger partial charge is 0.459 e. The Morgan fingerprint density at radius 2 is 1.90 bits per heavy atom. The van der Waals surface area contributed by atoms with Gasteiger partial charge in [-0.05, 0) is 22.9 Å². The average molecular weight is 264 g/mol. The average Bonchev–Trinajstić information content (AvgIpc) is 3.02. The SMILES string of the molecule is O=C(NN=Cc1cccc2ccccc12)c1ccco1. The van der Waals surface area contributed by atoms with Crippen molar-refractivity contribution in [2.24, 2.45) is 5.10 Å². The van der Waals surface area contributed by atoms with E-state index in [1.807, 2.05) is 42.5 Å². The fourth-order valence-electron chi connectivity index (χ4n) is 1.99. The second-order valence-corrected chi connectivity index (χ2v) is 4.24. The zero-order valence-electron chi connectivity index (χ0n) is 10.6. The minimum Gasteiger partial charge on any atom is -0.459 e. The molecule has 1 amide bonds. The number of carbonyl (C=O) groups excluding carboxylic acids is 1. The van der Waals surface area contributed by atoms with Crippen LogP contribution in [0.3, 0.4) is 0 Å². The van der Waals surface area contributed by atoms with Crippen LogP contribution in [0.2, 0.25) is 0 Å². The summed E-state index contributed by atoms with van der Waals surface area (Å²) in [6, 6.07) is 17.2. The third-order valence-corrected chi connectivity index (χ3v) is 2.94. The fourth-order valence-corrected chi connectivity index (χ4v) is 1.99. The molecular formula is C16H12N2O2. The van der Waals surface area contributed by atoms with Gasteiger partial charge in [-0.1, -0.05) is 42.5 Å². The molecule has 0 aliphatic rings. The summed E-state index contributed by atoms with van der Waals surface area (Å²) in [6.07, 6.45) is 3.08. The van der Waals surface area contributed by atoms with Gasteiger partial charge in [0.2, 0.25) is 0 Å². The van der Waals surface area contributed by atoms with Crippen molar-refractivity contribution in [2.75, 3.05) is 0 Å². The number of hydrazone groups is 1. The highest BCUT2D eigenvalue weighted by Crippen LogP contribution is 2.16. The van der Waals surface area contributed by atoms with E-state index in [-0.39, 0.29) is 11.7 Å². The molecule has 0 bridgehead atoms. The first kappa shape index (κ1) is 12.2. The third kappa shape index (κ3) is 2.44. The number of hydrogen-bond donors (Lipinski definition) is 1. The van der Waals surface area contributed by atoms with Crippen LogP contribution in [0.5, 0.6) is 0 Å². The maximum atomic E-state index is 11.6. The number of nitrogens with one attached hydrogen (secondary N) is 1. The van der Waals surface area contributed by atoms with E-state index in [9.17, 15) is 4.79 Å². The summed E-state index contributed by atoms with van der Waals surface area (Å²) in [7, 11) is 0. The van der Waals surface area contributed by atoms with Crippen LogP contribution in [0.25, 0.3) is 10.8 Å². The second kappa shape index (κ2) is 5.40. The molecule has 0 saturated carbocycles. The maximum Gasteiger partial charge on any atom is 0.307 e. The molecule has 0 radical (unpaired) electrons. The molecule has 3 rings (SSSR count). The van der Waals surface area contributed by atoms with Gasteiger partial charge in [0, 0.05) is 5.56 Å². The Morgan fingerprint density at radius 3 is 2.75 bits per heavy atom. The third-order valence-electron chi connectivity index (χ3n) is 2.94. The van der Waals surface area contributed by atoms with Crippen molar-refractivity contribution in [3.8, 4) is 0 Å². The molecule has 2 aromatic carbocycles. The van der Waals surface area contributed by atoms with E-state index in [1.165, 1.54) is 6.26 Å². The first-order valence-corrected chi connectivity index (χ1v) is 6.19. The maximum absolute atomic E-state index is 11.6. The molecule has 98 valence electrons. The quantitative estimate of drug-likeness (QED) is 0.583. The minimum absolute atomic E-state index is 0.236. The lowest BCUT2D eigenvalue weighted by molar-refractivity contribution is 0.0927. The number of amides is 1. The van der Waals surface area contributed by atoms with Crippen LogP contribution < -0.4 is 5.43 Å². The van der Waals surface area contributed by atoms with Gasteiger partial charge in [0.15, 0.2) is 5.76 Å². The molecule has 0 aliphatic carbocycles. The van der Waals surface area contributed by atoms with Crippen molar-refractivity contribution < 1.29 is 9.21 Å². The summed E-state index contributed by atoms with van der Waals surface area (Å²) in [4.78, 5) is 11.6. The Balaban J connectivity index is 1.79. The van der Waals surface area contributed by atoms with E-state index in [4.69, 9.17) is 4.42 Å². The smallest absolute Gasteiger partial charge is 0.307 e. The number of benzene rings is 2. The van der Waals surface area contributed by atoms with Crippen LogP contribution in [0.15, 0.2) is 70.4 Å². The van der Waals surface area contributed by atoms with Crippen molar-refractivity contribution in [1.82, 2.24) is 5.43 Å². The molecule has 0 spiro atoms. The van der Waals surface area contributed by atoms with E-state index >= 15 is 0 Å². The number of furan rings is 1. The monoisotopic (exact) mass is 264 g/mol. The molecule has 20 heavy (non-hydrogen) atoms. The molecule has 4 nitrogen and oxygen atoms in total. The zero-order valence-corrected chi connectivity index (χ0v) is 10.6. The Kier molecular flexibility index (Phi) is 3.29. The van der Waals surface area contributed by atoms with Gasteiger partial charge in [0.05, 0.1) is 12.5 Å². The lowest BCUT2D eigenvalue weighted by Crippen LogP contribution is -2.16. The fraction of sp³-hybridized carbons (Fsp3) is 0. The predicted molar refractivity (Wildman–Crippen MR) is 77.7 cm³/mol. The standard InChI is InChI=1S/C16H12N2O2/c19-16(15-9-4-10-20-15)18-17-11-13-7-3-6-12-5-1-2-8-14(12)13/h1-11H,(H,18,19). The molecule has 0 saturated heterocycles. The van der Waals surface area contributed by atoms with Crippen molar-refractivity contribution in [1.29, 1.82) is 0 Å². The van der Waals surface area contributed by atoms with Crippen molar-refractivity contribution in [2.45, 2.75) is 0 Å². The molecule has 1 aromatic heterocycles. The van der Waals surface area contributed by atoms with Gasteiger partial charge in [0.25, 0.3) is 0 Å². The predicted octanol–water partition coefficient (Wildman–Crippen LogP) is 3.20. The highest BCUT2D eigenvalue weighted by Gasteiger charge is 2.05. The first-order chi connectivity index (χ1) is 9.84. The summed E-state index contributed by atoms with van der Waals surface area (Å²) >= 11 is 0. The van der Waals surface area contributed by atoms with Crippen molar-refractivity contribution in [3.63, 3.8) is 0 Å². The van der Waals surface area contributed by atoms with Crippen LogP contribution in [-0.4, -0.2) is 12.1 Å². The van der Waals surface area contributed by atoms with Crippen LogP contribution >= 0.6 is 0 Å². The van der Waals surface area contributed by atoms with E-state index < -0.39 is 0 Å². The molecule has 0 fully saturated rings. The van der Waals surface area contributed by atoms with Gasteiger partial charge in [-0.2, -0.15) is 5.10 Å². The molecular weight excluding hydrogens is 252 g/mol. The lowest BCUT2D eigenvalue weighted by Gasteiger charge is -2.01. The number of hydrogen-bond acceptors (Lipinski definition) is 3. The Hall–Kier alpha value is -2.88. The summed E-state index contributed by atoms with van der Waals surface area (Å²) in [5, 5.41) is 6.19. The minimum atomic E-state index is -0.369. The second-order valence-electron chi connectivity index (χ2n) is 4.24. The van der Waals surface area contributed by atoms with Crippen molar-refractivity contribution >= 4 is 22.9 Å². The molecule has 0 aliphatic heterocycles. The number of carbonyl (C=O) groups is 1. The molecule has 4 heteroatoms. The summed E-state index contributed by atoms with van der Waals surface area (Å²) < 4.78 is 4.98. The van der Waals surface area contributed by atoms with Crippen molar-refractivity contribution in [3.05, 3.63) is 72.2 Å². The highest BCUT2D eigenvalue weighted by atomic mass is 16.3. The van der Waals surface area contributed by atoms with Crippen LogP contribution in [0.4, 0.5) is 0 Å². The topological polar surface area (TPSA) is 54.6 Å². The summed E-state index contributed by atoms with van der Waals surface area (Å²) in [6.45, 7) is 0. The van der Waals surface area contributed by atoms with Gasteiger partial charge in [-0.15, -0.1) is 0 Å². The zero-order chi connectivity index (χ0) is 13.8. The first-order valence-electron chi connectivity index (χ1n) is 6.19. The van der Waals surface area contributed by atoms with Gasteiger partial charge in [0.1, 0.15) is 0 Å². The molecule has 1 heterocycles. The summed E-state index contributed by atoms with van der Waals surface area (Å²) in [5.74, 6) is -0.133. The highest BCUT2D eigenvalue weighted by molar-refractivity contribution is 6.00. The molecule has 3 aromatic rings. The lowest BCUT2D eigenvalue weighted by atomic mass is 10.1. The Bertz CT molecular complexity index is 756. The van der Waals surface area contributed by atoms with E-state index in [2.05, 4.69) is 10.5 Å². The number of fused-ring (bicyclic) bond motifs is 1. The van der Waals surface area contributed by atoms with Gasteiger partial charge < -0.3 is 4.42 Å². The number of rotatable bonds is 3.